The smallest absolute Gasteiger partial charge is 0.118 e. The predicted molar refractivity (Wildman–Crippen MR) is 82.4 cm³/mol. The Morgan fingerprint density at radius 1 is 1.20 bits per heavy atom. The van der Waals surface area contributed by atoms with Gasteiger partial charge in [-0.15, -0.1) is 0 Å². The van der Waals surface area contributed by atoms with Crippen molar-refractivity contribution in [2.45, 2.75) is 38.6 Å². The summed E-state index contributed by atoms with van der Waals surface area (Å²) in [6.07, 6.45) is 2.47. The van der Waals surface area contributed by atoms with Crippen LogP contribution in [0.4, 0.5) is 0 Å². The Kier molecular flexibility index (Phi) is 5.86. The second-order valence-corrected chi connectivity index (χ2v) is 6.06. The fourth-order valence-corrected chi connectivity index (χ4v) is 2.59. The van der Waals surface area contributed by atoms with E-state index in [0.717, 1.165) is 25.5 Å². The van der Waals surface area contributed by atoms with Crippen molar-refractivity contribution in [1.29, 1.82) is 0 Å². The van der Waals surface area contributed by atoms with E-state index in [4.69, 9.17) is 9.47 Å². The number of hydrogen-bond acceptors (Lipinski definition) is 3. The maximum atomic E-state index is 5.57. The third-order valence-corrected chi connectivity index (χ3v) is 3.86. The lowest BCUT2D eigenvalue weighted by molar-refractivity contribution is 0.106. The van der Waals surface area contributed by atoms with Crippen molar-refractivity contribution in [3.63, 3.8) is 0 Å². The molecule has 0 saturated heterocycles. The first kappa shape index (κ1) is 15.3. The number of nitrogens with one attached hydrogen (secondary N) is 1. The van der Waals surface area contributed by atoms with Crippen LogP contribution >= 0.6 is 0 Å². The normalized spacial score (nSPS) is 21.8. The molecule has 0 spiro atoms. The van der Waals surface area contributed by atoms with Gasteiger partial charge in [-0.3, -0.25) is 0 Å². The van der Waals surface area contributed by atoms with E-state index < -0.39 is 0 Å². The number of ether oxygens (including phenoxy) is 2. The standard InChI is InChI=1S/C17H27NO2/c1-13(2)12-20-9-8-18-16-10-15(11-16)14-4-6-17(19-3)7-5-14/h4-7,13,15-16,18H,8-12H2,1-3H3. The maximum absolute atomic E-state index is 5.57. The molecule has 0 amide bonds. The molecule has 1 fully saturated rings. The number of methoxy groups -OCH3 is 1. The molecule has 0 atom stereocenters. The average Bonchev–Trinajstić information content (AvgIpc) is 2.40. The highest BCUT2D eigenvalue weighted by Crippen LogP contribution is 2.37. The summed E-state index contributed by atoms with van der Waals surface area (Å²) in [5.74, 6) is 2.26. The number of hydrogen-bond donors (Lipinski definition) is 1. The third-order valence-electron chi connectivity index (χ3n) is 3.86. The second kappa shape index (κ2) is 7.65. The van der Waals surface area contributed by atoms with Crippen molar-refractivity contribution >= 4 is 0 Å². The molecule has 1 aromatic rings. The Morgan fingerprint density at radius 3 is 2.50 bits per heavy atom. The van der Waals surface area contributed by atoms with Crippen molar-refractivity contribution < 1.29 is 9.47 Å². The molecule has 0 heterocycles. The fraction of sp³-hybridized carbons (Fsp3) is 0.647. The van der Waals surface area contributed by atoms with Crippen molar-refractivity contribution in [2.24, 2.45) is 5.92 Å². The summed E-state index contributed by atoms with van der Waals surface area (Å²) in [5.41, 5.74) is 1.43. The van der Waals surface area contributed by atoms with Crippen LogP contribution in [0.15, 0.2) is 24.3 Å². The Hall–Kier alpha value is -1.06. The molecule has 112 valence electrons. The summed E-state index contributed by atoms with van der Waals surface area (Å²) >= 11 is 0. The van der Waals surface area contributed by atoms with E-state index in [0.29, 0.717) is 17.9 Å². The van der Waals surface area contributed by atoms with E-state index in [-0.39, 0.29) is 0 Å². The van der Waals surface area contributed by atoms with Crippen LogP contribution in [0.5, 0.6) is 5.75 Å². The molecule has 0 bridgehead atoms. The molecule has 0 aromatic heterocycles. The largest absolute Gasteiger partial charge is 0.497 e. The molecule has 1 aromatic carbocycles. The SMILES string of the molecule is COc1ccc(C2CC(NCCOCC(C)C)C2)cc1. The van der Waals surface area contributed by atoms with Crippen LogP contribution in [0.3, 0.4) is 0 Å². The summed E-state index contributed by atoms with van der Waals surface area (Å²) in [6, 6.07) is 9.13. The van der Waals surface area contributed by atoms with Crippen LogP contribution in [0.2, 0.25) is 0 Å². The fourth-order valence-electron chi connectivity index (χ4n) is 2.59. The van der Waals surface area contributed by atoms with Crippen LogP contribution in [-0.4, -0.2) is 32.9 Å². The molecule has 20 heavy (non-hydrogen) atoms. The lowest BCUT2D eigenvalue weighted by Gasteiger charge is -2.36. The maximum Gasteiger partial charge on any atom is 0.118 e. The lowest BCUT2D eigenvalue weighted by atomic mass is 9.76. The monoisotopic (exact) mass is 277 g/mol. The van der Waals surface area contributed by atoms with Crippen molar-refractivity contribution in [2.75, 3.05) is 26.9 Å². The molecule has 2 rings (SSSR count). The van der Waals surface area contributed by atoms with Gasteiger partial charge >= 0.3 is 0 Å². The van der Waals surface area contributed by atoms with Crippen LogP contribution < -0.4 is 10.1 Å². The molecule has 0 radical (unpaired) electrons. The summed E-state index contributed by atoms with van der Waals surface area (Å²) < 4.78 is 10.8. The zero-order chi connectivity index (χ0) is 14.4. The van der Waals surface area contributed by atoms with Gasteiger partial charge < -0.3 is 14.8 Å². The molecule has 1 N–H and O–H groups in total. The van der Waals surface area contributed by atoms with Gasteiger partial charge in [0.25, 0.3) is 0 Å². The minimum absolute atomic E-state index is 0.623. The topological polar surface area (TPSA) is 30.5 Å². The number of rotatable bonds is 8. The Bertz CT molecular complexity index is 382. The highest BCUT2D eigenvalue weighted by molar-refractivity contribution is 5.30. The van der Waals surface area contributed by atoms with Gasteiger partial charge in [-0.1, -0.05) is 26.0 Å². The van der Waals surface area contributed by atoms with Gasteiger partial charge in [-0.2, -0.15) is 0 Å². The van der Waals surface area contributed by atoms with E-state index in [1.54, 1.807) is 7.11 Å². The molecule has 0 unspecified atom stereocenters. The summed E-state index contributed by atoms with van der Waals surface area (Å²) in [7, 11) is 1.71. The highest BCUT2D eigenvalue weighted by Gasteiger charge is 2.29. The number of benzene rings is 1. The Morgan fingerprint density at radius 2 is 1.90 bits per heavy atom. The summed E-state index contributed by atoms with van der Waals surface area (Å²) in [4.78, 5) is 0. The third kappa shape index (κ3) is 4.50. The molecule has 3 heteroatoms. The molecule has 1 aliphatic carbocycles. The minimum atomic E-state index is 0.623. The van der Waals surface area contributed by atoms with E-state index in [1.807, 2.05) is 0 Å². The van der Waals surface area contributed by atoms with Gasteiger partial charge in [-0.05, 0) is 42.4 Å². The molecular weight excluding hydrogens is 250 g/mol. The molecule has 1 saturated carbocycles. The van der Waals surface area contributed by atoms with Gasteiger partial charge in [0.05, 0.1) is 13.7 Å². The van der Waals surface area contributed by atoms with E-state index in [9.17, 15) is 0 Å². The van der Waals surface area contributed by atoms with Gasteiger partial charge in [0.1, 0.15) is 5.75 Å². The Balaban J connectivity index is 1.59. The predicted octanol–water partition coefficient (Wildman–Crippen LogP) is 3.20. The van der Waals surface area contributed by atoms with Crippen LogP contribution in [0.1, 0.15) is 38.2 Å². The van der Waals surface area contributed by atoms with Gasteiger partial charge in [0.15, 0.2) is 0 Å². The van der Waals surface area contributed by atoms with Crippen molar-refractivity contribution in [3.8, 4) is 5.75 Å². The lowest BCUT2D eigenvalue weighted by Crippen LogP contribution is -2.41. The first-order chi connectivity index (χ1) is 9.69. The minimum Gasteiger partial charge on any atom is -0.497 e. The summed E-state index contributed by atoms with van der Waals surface area (Å²) in [6.45, 7) is 7.01. The zero-order valence-corrected chi connectivity index (χ0v) is 12.9. The molecule has 1 aliphatic rings. The molecule has 0 aliphatic heterocycles. The Labute approximate surface area is 122 Å². The highest BCUT2D eigenvalue weighted by atomic mass is 16.5. The zero-order valence-electron chi connectivity index (χ0n) is 12.9. The average molecular weight is 277 g/mol. The second-order valence-electron chi connectivity index (χ2n) is 6.06. The first-order valence-corrected chi connectivity index (χ1v) is 7.64. The van der Waals surface area contributed by atoms with Gasteiger partial charge in [0.2, 0.25) is 0 Å². The first-order valence-electron chi connectivity index (χ1n) is 7.64. The van der Waals surface area contributed by atoms with Gasteiger partial charge in [-0.25, -0.2) is 0 Å². The van der Waals surface area contributed by atoms with Gasteiger partial charge in [0, 0.05) is 19.2 Å². The quantitative estimate of drug-likeness (QED) is 0.740. The summed E-state index contributed by atoms with van der Waals surface area (Å²) in [5, 5.41) is 3.57. The van der Waals surface area contributed by atoms with E-state index in [1.165, 1.54) is 18.4 Å². The van der Waals surface area contributed by atoms with Crippen LogP contribution in [0.25, 0.3) is 0 Å². The van der Waals surface area contributed by atoms with Crippen LogP contribution in [-0.2, 0) is 4.74 Å². The molecule has 3 nitrogen and oxygen atoms in total. The van der Waals surface area contributed by atoms with Crippen molar-refractivity contribution in [3.05, 3.63) is 29.8 Å². The molecular formula is C17H27NO2. The van der Waals surface area contributed by atoms with E-state index >= 15 is 0 Å². The van der Waals surface area contributed by atoms with Crippen molar-refractivity contribution in [1.82, 2.24) is 5.32 Å². The van der Waals surface area contributed by atoms with E-state index in [2.05, 4.69) is 43.4 Å². The van der Waals surface area contributed by atoms with Crippen LogP contribution in [0, 0.1) is 5.92 Å².